The molecule has 2 aromatic heterocycles. The van der Waals surface area contributed by atoms with Gasteiger partial charge in [-0.3, -0.25) is 0 Å². The van der Waals surface area contributed by atoms with Crippen molar-refractivity contribution >= 4 is 29.3 Å². The number of rotatable bonds is 4. The van der Waals surface area contributed by atoms with Crippen molar-refractivity contribution in [2.45, 2.75) is 10.1 Å². The number of hydrogen-bond donors (Lipinski definition) is 1. The first-order chi connectivity index (χ1) is 7.27. The zero-order valence-electron chi connectivity index (χ0n) is 7.41. The number of nitrogens with zero attached hydrogens (tertiary/aromatic N) is 2. The minimum absolute atomic E-state index is 0.201. The van der Waals surface area contributed by atoms with Crippen LogP contribution in [0.5, 0.6) is 0 Å². The lowest BCUT2D eigenvalue weighted by molar-refractivity contribution is 0.0695. The molecule has 0 saturated heterocycles. The maximum absolute atomic E-state index is 10.7. The fourth-order valence-electron chi connectivity index (χ4n) is 0.997. The fourth-order valence-corrected chi connectivity index (χ4v) is 2.39. The van der Waals surface area contributed by atoms with Crippen molar-refractivity contribution in [3.63, 3.8) is 0 Å². The summed E-state index contributed by atoms with van der Waals surface area (Å²) in [5, 5.41) is 8.82. The van der Waals surface area contributed by atoms with Crippen LogP contribution in [0.25, 0.3) is 0 Å². The monoisotopic (exact) mass is 242 g/mol. The lowest BCUT2D eigenvalue weighted by Gasteiger charge is -1.95. The van der Waals surface area contributed by atoms with Gasteiger partial charge in [-0.2, -0.15) is 4.37 Å². The van der Waals surface area contributed by atoms with Gasteiger partial charge in [-0.1, -0.05) is 11.8 Å². The first kappa shape index (κ1) is 10.2. The van der Waals surface area contributed by atoms with Gasteiger partial charge in [0.15, 0.2) is 4.34 Å². The highest BCUT2D eigenvalue weighted by Crippen LogP contribution is 2.25. The number of carboxylic acids is 1. The van der Waals surface area contributed by atoms with E-state index in [1.54, 1.807) is 0 Å². The number of furan rings is 1. The third kappa shape index (κ3) is 2.37. The van der Waals surface area contributed by atoms with Crippen molar-refractivity contribution < 1.29 is 14.3 Å². The Labute approximate surface area is 93.3 Å². The van der Waals surface area contributed by atoms with Gasteiger partial charge in [0.2, 0.25) is 0 Å². The van der Waals surface area contributed by atoms with E-state index in [-0.39, 0.29) is 5.56 Å². The zero-order chi connectivity index (χ0) is 10.7. The first-order valence-corrected chi connectivity index (χ1v) is 5.72. The van der Waals surface area contributed by atoms with Gasteiger partial charge in [0.25, 0.3) is 0 Å². The Hall–Kier alpha value is -1.34. The Bertz CT molecular complexity index is 452. The summed E-state index contributed by atoms with van der Waals surface area (Å²) in [7, 11) is 0. The van der Waals surface area contributed by atoms with Gasteiger partial charge in [0.05, 0.1) is 12.0 Å². The van der Waals surface area contributed by atoms with Crippen LogP contribution in [0, 0.1) is 0 Å². The Balaban J connectivity index is 2.05. The van der Waals surface area contributed by atoms with Crippen LogP contribution in [-0.2, 0) is 5.75 Å². The van der Waals surface area contributed by atoms with E-state index in [1.165, 1.54) is 42.0 Å². The minimum atomic E-state index is -0.975. The molecule has 0 aliphatic rings. The van der Waals surface area contributed by atoms with Crippen LogP contribution in [0.15, 0.2) is 27.4 Å². The van der Waals surface area contributed by atoms with E-state index in [2.05, 4.69) is 9.36 Å². The average Bonchev–Trinajstić information content (AvgIpc) is 2.86. The fraction of sp³-hybridized carbons (Fsp3) is 0.125. The molecule has 0 amide bonds. The first-order valence-electron chi connectivity index (χ1n) is 3.96. The molecule has 0 aliphatic carbocycles. The third-order valence-electron chi connectivity index (χ3n) is 1.64. The Morgan fingerprint density at radius 3 is 3.20 bits per heavy atom. The summed E-state index contributed by atoms with van der Waals surface area (Å²) in [5.74, 6) is -0.0802. The van der Waals surface area contributed by atoms with Crippen LogP contribution < -0.4 is 0 Å². The van der Waals surface area contributed by atoms with Crippen molar-refractivity contribution in [1.82, 2.24) is 9.36 Å². The van der Waals surface area contributed by atoms with E-state index >= 15 is 0 Å². The number of aromatic nitrogens is 2. The van der Waals surface area contributed by atoms with Gasteiger partial charge in [-0.05, 0) is 17.6 Å². The van der Waals surface area contributed by atoms with E-state index < -0.39 is 5.97 Å². The zero-order valence-corrected chi connectivity index (χ0v) is 9.05. The summed E-state index contributed by atoms with van der Waals surface area (Å²) in [6.45, 7) is 0. The molecule has 0 bridgehead atoms. The van der Waals surface area contributed by atoms with E-state index in [0.29, 0.717) is 11.5 Å². The maximum Gasteiger partial charge on any atom is 0.339 e. The van der Waals surface area contributed by atoms with Gasteiger partial charge in [0.1, 0.15) is 17.7 Å². The van der Waals surface area contributed by atoms with Crippen molar-refractivity contribution in [3.8, 4) is 0 Å². The van der Waals surface area contributed by atoms with Gasteiger partial charge < -0.3 is 9.52 Å². The topological polar surface area (TPSA) is 76.2 Å². The highest BCUT2D eigenvalue weighted by atomic mass is 32.2. The molecule has 0 spiro atoms. The van der Waals surface area contributed by atoms with E-state index in [4.69, 9.17) is 9.52 Å². The Kier molecular flexibility index (Phi) is 3.02. The van der Waals surface area contributed by atoms with Crippen LogP contribution in [0.1, 0.15) is 16.1 Å². The van der Waals surface area contributed by atoms with E-state index in [9.17, 15) is 4.79 Å². The highest BCUT2D eigenvalue weighted by Gasteiger charge is 2.13. The molecule has 1 N–H and O–H groups in total. The second kappa shape index (κ2) is 4.45. The van der Waals surface area contributed by atoms with E-state index in [0.717, 1.165) is 4.34 Å². The molecule has 15 heavy (non-hydrogen) atoms. The molecular weight excluding hydrogens is 236 g/mol. The number of hydrogen-bond acceptors (Lipinski definition) is 6. The van der Waals surface area contributed by atoms with Gasteiger partial charge >= 0.3 is 5.97 Å². The summed E-state index contributed by atoms with van der Waals surface area (Å²) < 4.78 is 9.72. The molecule has 0 unspecified atom stereocenters. The minimum Gasteiger partial charge on any atom is -0.478 e. The summed E-state index contributed by atoms with van der Waals surface area (Å²) in [6, 6.07) is 1.44. The molecule has 2 heterocycles. The molecule has 0 saturated carbocycles. The number of carbonyl (C=O) groups is 1. The second-order valence-electron chi connectivity index (χ2n) is 2.56. The van der Waals surface area contributed by atoms with Gasteiger partial charge in [0, 0.05) is 0 Å². The molecule has 0 radical (unpaired) electrons. The molecule has 2 aromatic rings. The average molecular weight is 242 g/mol. The predicted octanol–water partition coefficient (Wildman–Crippen LogP) is 2.12. The van der Waals surface area contributed by atoms with Crippen molar-refractivity contribution in [2.75, 3.05) is 0 Å². The number of thioether (sulfide) groups is 1. The van der Waals surface area contributed by atoms with Gasteiger partial charge in [-0.15, -0.1) is 0 Å². The summed E-state index contributed by atoms with van der Waals surface area (Å²) >= 11 is 2.68. The van der Waals surface area contributed by atoms with Crippen molar-refractivity contribution in [3.05, 3.63) is 30.0 Å². The lowest BCUT2D eigenvalue weighted by atomic mass is 10.3. The van der Waals surface area contributed by atoms with Crippen LogP contribution in [-0.4, -0.2) is 20.4 Å². The molecule has 2 rings (SSSR count). The SMILES string of the molecule is O=C(O)c1ccoc1CSc1ncns1. The molecule has 0 fully saturated rings. The predicted molar refractivity (Wildman–Crippen MR) is 55.1 cm³/mol. The van der Waals surface area contributed by atoms with Crippen LogP contribution in [0.3, 0.4) is 0 Å². The standard InChI is InChI=1S/C8H6N2O3S2/c11-7(12)5-1-2-13-6(5)3-14-8-9-4-10-15-8/h1-2,4H,3H2,(H,11,12). The highest BCUT2D eigenvalue weighted by molar-refractivity contribution is 8.00. The Morgan fingerprint density at radius 2 is 2.53 bits per heavy atom. The van der Waals surface area contributed by atoms with Crippen LogP contribution in [0.4, 0.5) is 0 Å². The second-order valence-corrected chi connectivity index (χ2v) is 4.56. The molecule has 0 aliphatic heterocycles. The normalized spacial score (nSPS) is 10.4. The molecule has 78 valence electrons. The summed E-state index contributed by atoms with van der Waals surface area (Å²) in [6.07, 6.45) is 2.84. The molecule has 5 nitrogen and oxygen atoms in total. The number of carboxylic acid groups (broad SMARTS) is 1. The Morgan fingerprint density at radius 1 is 1.67 bits per heavy atom. The molecule has 7 heteroatoms. The van der Waals surface area contributed by atoms with Crippen molar-refractivity contribution in [2.24, 2.45) is 0 Å². The summed E-state index contributed by atoms with van der Waals surface area (Å²) in [4.78, 5) is 14.7. The molecule has 0 atom stereocenters. The maximum atomic E-state index is 10.7. The summed E-state index contributed by atoms with van der Waals surface area (Å²) in [5.41, 5.74) is 0.201. The lowest BCUT2D eigenvalue weighted by Crippen LogP contribution is -1.97. The third-order valence-corrected chi connectivity index (χ3v) is 3.44. The van der Waals surface area contributed by atoms with Crippen molar-refractivity contribution in [1.29, 1.82) is 0 Å². The van der Waals surface area contributed by atoms with Crippen LogP contribution >= 0.6 is 23.3 Å². The largest absolute Gasteiger partial charge is 0.478 e. The molecule has 0 aromatic carbocycles. The van der Waals surface area contributed by atoms with Gasteiger partial charge in [-0.25, -0.2) is 9.78 Å². The van der Waals surface area contributed by atoms with Crippen LogP contribution in [0.2, 0.25) is 0 Å². The smallest absolute Gasteiger partial charge is 0.339 e. The molecular formula is C8H6N2O3S2. The number of aromatic carboxylic acids is 1. The van der Waals surface area contributed by atoms with E-state index in [1.807, 2.05) is 0 Å². The quantitative estimate of drug-likeness (QED) is 0.827.